The van der Waals surface area contributed by atoms with Gasteiger partial charge in [-0.05, 0) is 101 Å². The van der Waals surface area contributed by atoms with Crippen LogP contribution in [0.1, 0.15) is 0 Å². The molecule has 160 valence electrons. The molecule has 0 radical (unpaired) electrons. The summed E-state index contributed by atoms with van der Waals surface area (Å²) < 4.78 is 4.46. The van der Waals surface area contributed by atoms with Gasteiger partial charge in [0.1, 0.15) is 0 Å². The van der Waals surface area contributed by atoms with Crippen LogP contribution in [0.5, 0.6) is 0 Å². The third-order valence-corrected chi connectivity index (χ3v) is 9.69. The van der Waals surface area contributed by atoms with Crippen molar-refractivity contribution < 1.29 is 0 Å². The van der Waals surface area contributed by atoms with Crippen LogP contribution in [0.3, 0.4) is 0 Å². The Morgan fingerprint density at radius 2 is 0.618 bits per heavy atom. The smallest absolute Gasteiger partial charge is 0.0260 e. The van der Waals surface area contributed by atoms with Crippen LogP contribution in [0.25, 0.3) is 75.4 Å². The van der Waals surface area contributed by atoms with E-state index in [9.17, 15) is 0 Å². The molecule has 0 aliphatic carbocycles. The Morgan fingerprint density at radius 1 is 0.294 bits per heavy atom. The topological polar surface area (TPSA) is 0 Å². The molecule has 4 heteroatoms. The lowest BCUT2D eigenvalue weighted by Gasteiger charge is -2.22. The van der Waals surface area contributed by atoms with E-state index in [1.54, 1.807) is 0 Å². The molecule has 0 saturated carbocycles. The highest BCUT2D eigenvalue weighted by Crippen LogP contribution is 2.52. The predicted molar refractivity (Wildman–Crippen MR) is 162 cm³/mol. The SMILES string of the molecule is Brc1ccc2c(c1)c1c(Br)ccc3c4ccc(Br)c5c6cc(Br)ccc6c6ccc2c(c31)c6c45. The molecule has 0 spiro atoms. The molecular formula is C30H12Br4. The summed E-state index contributed by atoms with van der Waals surface area (Å²) in [6.45, 7) is 0. The maximum absolute atomic E-state index is 3.92. The molecule has 0 aliphatic heterocycles. The maximum atomic E-state index is 3.92. The van der Waals surface area contributed by atoms with Gasteiger partial charge in [-0.1, -0.05) is 100 Å². The molecule has 0 aliphatic rings. The molecule has 0 aromatic heterocycles. The van der Waals surface area contributed by atoms with E-state index in [2.05, 4.69) is 137 Å². The Kier molecular flexibility index (Phi) is 4.06. The van der Waals surface area contributed by atoms with Crippen molar-refractivity contribution in [3.63, 3.8) is 0 Å². The second kappa shape index (κ2) is 6.82. The van der Waals surface area contributed by atoms with Crippen molar-refractivity contribution in [2.45, 2.75) is 0 Å². The zero-order chi connectivity index (χ0) is 22.9. The minimum Gasteiger partial charge on any atom is -0.0531 e. The number of hydrogen-bond donors (Lipinski definition) is 0. The van der Waals surface area contributed by atoms with Gasteiger partial charge in [-0.2, -0.15) is 0 Å². The number of fused-ring (bicyclic) bond motifs is 7. The van der Waals surface area contributed by atoms with Gasteiger partial charge < -0.3 is 0 Å². The molecule has 0 N–H and O–H groups in total. The van der Waals surface area contributed by atoms with E-state index in [0.717, 1.165) is 17.9 Å². The van der Waals surface area contributed by atoms with Gasteiger partial charge in [0.15, 0.2) is 0 Å². The minimum atomic E-state index is 1.10. The molecule has 8 rings (SSSR count). The molecule has 8 aromatic carbocycles. The first-order valence-corrected chi connectivity index (χ1v) is 14.1. The quantitative estimate of drug-likeness (QED) is 0.110. The second-order valence-corrected chi connectivity index (χ2v) is 12.5. The minimum absolute atomic E-state index is 1.10. The van der Waals surface area contributed by atoms with E-state index in [-0.39, 0.29) is 0 Å². The third-order valence-electron chi connectivity index (χ3n) is 7.39. The molecule has 0 bridgehead atoms. The lowest BCUT2D eigenvalue weighted by atomic mass is 9.82. The van der Waals surface area contributed by atoms with E-state index in [4.69, 9.17) is 0 Å². The van der Waals surface area contributed by atoms with E-state index >= 15 is 0 Å². The van der Waals surface area contributed by atoms with Gasteiger partial charge in [-0.3, -0.25) is 0 Å². The summed E-state index contributed by atoms with van der Waals surface area (Å²) in [5, 5.41) is 18.3. The summed E-state index contributed by atoms with van der Waals surface area (Å²) in [5.41, 5.74) is 0. The van der Waals surface area contributed by atoms with Crippen molar-refractivity contribution in [3.05, 3.63) is 90.7 Å². The first-order valence-electron chi connectivity index (χ1n) is 11.0. The summed E-state index contributed by atoms with van der Waals surface area (Å²) in [6.07, 6.45) is 0. The van der Waals surface area contributed by atoms with Gasteiger partial charge in [-0.25, -0.2) is 0 Å². The predicted octanol–water partition coefficient (Wildman–Crippen LogP) is 11.7. The van der Waals surface area contributed by atoms with E-state index in [1.165, 1.54) is 75.4 Å². The van der Waals surface area contributed by atoms with Crippen LogP contribution in [0.4, 0.5) is 0 Å². The molecule has 0 heterocycles. The zero-order valence-electron chi connectivity index (χ0n) is 17.4. The van der Waals surface area contributed by atoms with Gasteiger partial charge in [0.2, 0.25) is 0 Å². The van der Waals surface area contributed by atoms with Gasteiger partial charge in [0.25, 0.3) is 0 Å². The Labute approximate surface area is 228 Å². The van der Waals surface area contributed by atoms with Gasteiger partial charge >= 0.3 is 0 Å². The number of benzene rings is 8. The normalized spacial score (nSPS) is 12.7. The van der Waals surface area contributed by atoms with E-state index < -0.39 is 0 Å². The average molecular weight is 692 g/mol. The molecule has 0 atom stereocenters. The number of halogens is 4. The van der Waals surface area contributed by atoms with Crippen LogP contribution in [-0.2, 0) is 0 Å². The summed E-state index contributed by atoms with van der Waals surface area (Å²) in [4.78, 5) is 0. The third kappa shape index (κ3) is 2.38. The van der Waals surface area contributed by atoms with Crippen LogP contribution < -0.4 is 0 Å². The Hall–Kier alpha value is -1.98. The van der Waals surface area contributed by atoms with E-state index in [1.807, 2.05) is 0 Å². The highest BCUT2D eigenvalue weighted by molar-refractivity contribution is 9.11. The summed E-state index contributed by atoms with van der Waals surface area (Å²) >= 11 is 15.3. The Balaban J connectivity index is 1.87. The fraction of sp³-hybridized carbons (Fsp3) is 0. The number of rotatable bonds is 0. The van der Waals surface area contributed by atoms with Gasteiger partial charge in [0, 0.05) is 28.7 Å². The van der Waals surface area contributed by atoms with Crippen molar-refractivity contribution in [1.82, 2.24) is 0 Å². The van der Waals surface area contributed by atoms with Crippen LogP contribution in [0, 0.1) is 0 Å². The molecule has 0 amide bonds. The first kappa shape index (κ1) is 20.2. The summed E-state index contributed by atoms with van der Waals surface area (Å²) in [6, 6.07) is 27.0. The standard InChI is InChI=1S/C30H12Br4/c31-13-1-3-15-17-5-6-18-16-4-2-14(32)12-22(16)26-24(34)10-8-20-19-7-9-23(33)25(21(15)11-13)27(19)29(17)30(18)28(20)26/h1-12H. The van der Waals surface area contributed by atoms with Gasteiger partial charge in [-0.15, -0.1) is 0 Å². The molecule has 0 unspecified atom stereocenters. The molecule has 0 saturated heterocycles. The average Bonchev–Trinajstić information content (AvgIpc) is 2.83. The van der Waals surface area contributed by atoms with Crippen LogP contribution >= 0.6 is 63.7 Å². The van der Waals surface area contributed by atoms with Crippen molar-refractivity contribution in [2.75, 3.05) is 0 Å². The van der Waals surface area contributed by atoms with E-state index in [0.29, 0.717) is 0 Å². The summed E-state index contributed by atoms with van der Waals surface area (Å²) in [5.74, 6) is 0. The fourth-order valence-corrected chi connectivity index (χ4v) is 7.95. The Bertz CT molecular complexity index is 2000. The first-order chi connectivity index (χ1) is 16.5. The molecule has 8 aromatic rings. The fourth-order valence-electron chi connectivity index (χ4n) is 6.14. The van der Waals surface area contributed by atoms with Crippen molar-refractivity contribution >= 4 is 139 Å². The molecule has 0 nitrogen and oxygen atoms in total. The largest absolute Gasteiger partial charge is 0.0531 e. The molecule has 34 heavy (non-hydrogen) atoms. The lowest BCUT2D eigenvalue weighted by molar-refractivity contribution is 1.72. The van der Waals surface area contributed by atoms with Gasteiger partial charge in [0.05, 0.1) is 0 Å². The van der Waals surface area contributed by atoms with Crippen LogP contribution in [-0.4, -0.2) is 0 Å². The Morgan fingerprint density at radius 3 is 1.06 bits per heavy atom. The highest BCUT2D eigenvalue weighted by atomic mass is 79.9. The van der Waals surface area contributed by atoms with Crippen molar-refractivity contribution in [2.24, 2.45) is 0 Å². The molecule has 0 fully saturated rings. The van der Waals surface area contributed by atoms with Crippen LogP contribution in [0.2, 0.25) is 0 Å². The second-order valence-electron chi connectivity index (χ2n) is 8.98. The van der Waals surface area contributed by atoms with Crippen molar-refractivity contribution in [3.8, 4) is 0 Å². The lowest BCUT2D eigenvalue weighted by Crippen LogP contribution is -1.94. The zero-order valence-corrected chi connectivity index (χ0v) is 23.8. The molecular weight excluding hydrogens is 680 g/mol. The summed E-state index contributed by atoms with van der Waals surface area (Å²) in [7, 11) is 0. The monoisotopic (exact) mass is 688 g/mol. The van der Waals surface area contributed by atoms with Crippen LogP contribution in [0.15, 0.2) is 90.7 Å². The maximum Gasteiger partial charge on any atom is 0.0260 e. The number of hydrogen-bond acceptors (Lipinski definition) is 0. The van der Waals surface area contributed by atoms with Crippen molar-refractivity contribution in [1.29, 1.82) is 0 Å². The highest BCUT2D eigenvalue weighted by Gasteiger charge is 2.23.